The van der Waals surface area contributed by atoms with Crippen LogP contribution in [-0.2, 0) is 6.42 Å². The fourth-order valence-electron chi connectivity index (χ4n) is 3.51. The SMILES string of the molecule is OC1CCCc2c1c1ccccc1c1ccccc21. The van der Waals surface area contributed by atoms with E-state index in [1.165, 1.54) is 32.7 Å². The van der Waals surface area contributed by atoms with Gasteiger partial charge in [0.1, 0.15) is 0 Å². The lowest BCUT2D eigenvalue weighted by molar-refractivity contribution is 0.158. The van der Waals surface area contributed by atoms with Gasteiger partial charge in [-0.05, 0) is 51.9 Å². The van der Waals surface area contributed by atoms with Crippen LogP contribution in [0.2, 0.25) is 0 Å². The zero-order valence-electron chi connectivity index (χ0n) is 10.8. The molecule has 0 saturated heterocycles. The van der Waals surface area contributed by atoms with Crippen molar-refractivity contribution < 1.29 is 5.11 Å². The van der Waals surface area contributed by atoms with Crippen LogP contribution < -0.4 is 0 Å². The van der Waals surface area contributed by atoms with Crippen LogP contribution in [0, 0.1) is 0 Å². The maximum atomic E-state index is 10.4. The van der Waals surface area contributed by atoms with Crippen molar-refractivity contribution >= 4 is 21.5 Å². The molecule has 1 atom stereocenters. The average molecular weight is 248 g/mol. The smallest absolute Gasteiger partial charge is 0.0799 e. The Morgan fingerprint density at radius 2 is 1.37 bits per heavy atom. The van der Waals surface area contributed by atoms with Gasteiger partial charge in [0.2, 0.25) is 0 Å². The standard InChI is InChI=1S/C18H16O/c19-17-11-5-10-16-14-7-2-1-6-12(14)13-8-3-4-9-15(13)18(16)17/h1-4,6-9,17,19H,5,10-11H2. The van der Waals surface area contributed by atoms with E-state index in [0.29, 0.717) is 0 Å². The second-order valence-corrected chi connectivity index (χ2v) is 5.39. The molecule has 3 aromatic carbocycles. The summed E-state index contributed by atoms with van der Waals surface area (Å²) >= 11 is 0. The Labute approximate surface area is 112 Å². The molecule has 1 aliphatic carbocycles. The minimum atomic E-state index is -0.307. The Morgan fingerprint density at radius 3 is 2.11 bits per heavy atom. The molecule has 1 unspecified atom stereocenters. The second kappa shape index (κ2) is 4.07. The highest BCUT2D eigenvalue weighted by Crippen LogP contribution is 2.40. The van der Waals surface area contributed by atoms with Gasteiger partial charge in [-0.15, -0.1) is 0 Å². The van der Waals surface area contributed by atoms with Crippen molar-refractivity contribution in [3.63, 3.8) is 0 Å². The molecule has 19 heavy (non-hydrogen) atoms. The first-order chi connectivity index (χ1) is 9.36. The summed E-state index contributed by atoms with van der Waals surface area (Å²) in [5.41, 5.74) is 2.52. The van der Waals surface area contributed by atoms with Crippen molar-refractivity contribution in [2.75, 3.05) is 0 Å². The van der Waals surface area contributed by atoms with Gasteiger partial charge in [0.25, 0.3) is 0 Å². The van der Waals surface area contributed by atoms with Gasteiger partial charge in [0, 0.05) is 0 Å². The Morgan fingerprint density at radius 1 is 0.789 bits per heavy atom. The molecule has 0 aromatic heterocycles. The highest BCUT2D eigenvalue weighted by Gasteiger charge is 2.23. The van der Waals surface area contributed by atoms with Gasteiger partial charge in [0.15, 0.2) is 0 Å². The zero-order chi connectivity index (χ0) is 12.8. The summed E-state index contributed by atoms with van der Waals surface area (Å²) < 4.78 is 0. The van der Waals surface area contributed by atoms with Gasteiger partial charge >= 0.3 is 0 Å². The van der Waals surface area contributed by atoms with E-state index in [1.54, 1.807) is 0 Å². The molecule has 1 N–H and O–H groups in total. The van der Waals surface area contributed by atoms with Crippen LogP contribution in [0.4, 0.5) is 0 Å². The summed E-state index contributed by atoms with van der Waals surface area (Å²) in [4.78, 5) is 0. The van der Waals surface area contributed by atoms with Gasteiger partial charge in [0.05, 0.1) is 6.10 Å². The Kier molecular flexibility index (Phi) is 2.36. The van der Waals surface area contributed by atoms with Crippen LogP contribution in [0.3, 0.4) is 0 Å². The van der Waals surface area contributed by atoms with Crippen LogP contribution in [0.15, 0.2) is 48.5 Å². The van der Waals surface area contributed by atoms with Crippen molar-refractivity contribution in [2.24, 2.45) is 0 Å². The van der Waals surface area contributed by atoms with Crippen molar-refractivity contribution in [2.45, 2.75) is 25.4 Å². The number of rotatable bonds is 0. The predicted molar refractivity (Wildman–Crippen MR) is 79.4 cm³/mol. The molecule has 0 saturated carbocycles. The molecule has 0 fully saturated rings. The molecule has 94 valence electrons. The number of aliphatic hydroxyl groups excluding tert-OH is 1. The summed E-state index contributed by atoms with van der Waals surface area (Å²) in [6.07, 6.45) is 2.74. The lowest BCUT2D eigenvalue weighted by Crippen LogP contribution is -2.10. The Balaban J connectivity index is 2.28. The van der Waals surface area contributed by atoms with E-state index in [-0.39, 0.29) is 6.10 Å². The van der Waals surface area contributed by atoms with Crippen molar-refractivity contribution in [3.8, 4) is 0 Å². The van der Waals surface area contributed by atoms with E-state index in [0.717, 1.165) is 19.3 Å². The number of hydrogen-bond acceptors (Lipinski definition) is 1. The van der Waals surface area contributed by atoms with Crippen LogP contribution in [-0.4, -0.2) is 5.11 Å². The largest absolute Gasteiger partial charge is 0.388 e. The maximum Gasteiger partial charge on any atom is 0.0799 e. The third-order valence-electron chi connectivity index (χ3n) is 4.32. The molecule has 0 aliphatic heterocycles. The van der Waals surface area contributed by atoms with Crippen molar-refractivity contribution in [1.82, 2.24) is 0 Å². The number of hydrogen-bond donors (Lipinski definition) is 1. The molecule has 4 rings (SSSR count). The van der Waals surface area contributed by atoms with E-state index >= 15 is 0 Å². The lowest BCUT2D eigenvalue weighted by Gasteiger charge is -2.25. The maximum absolute atomic E-state index is 10.4. The molecule has 0 amide bonds. The molecule has 1 heteroatoms. The second-order valence-electron chi connectivity index (χ2n) is 5.39. The van der Waals surface area contributed by atoms with Gasteiger partial charge in [-0.1, -0.05) is 48.5 Å². The molecule has 1 nitrogen and oxygen atoms in total. The molecule has 1 aliphatic rings. The average Bonchev–Trinajstić information content (AvgIpc) is 2.47. The van der Waals surface area contributed by atoms with Crippen LogP contribution in [0.5, 0.6) is 0 Å². The molecule has 3 aromatic rings. The summed E-state index contributed by atoms with van der Waals surface area (Å²) in [6.45, 7) is 0. The number of fused-ring (bicyclic) bond motifs is 6. The quantitative estimate of drug-likeness (QED) is 0.586. The number of benzene rings is 3. The first-order valence-corrected chi connectivity index (χ1v) is 6.96. The summed E-state index contributed by atoms with van der Waals surface area (Å²) in [5.74, 6) is 0. The predicted octanol–water partition coefficient (Wildman–Crippen LogP) is 4.36. The minimum absolute atomic E-state index is 0.307. The van der Waals surface area contributed by atoms with Gasteiger partial charge in [-0.25, -0.2) is 0 Å². The minimum Gasteiger partial charge on any atom is -0.388 e. The third-order valence-corrected chi connectivity index (χ3v) is 4.32. The monoisotopic (exact) mass is 248 g/mol. The number of aliphatic hydroxyl groups is 1. The first kappa shape index (κ1) is 11.0. The van der Waals surface area contributed by atoms with E-state index in [9.17, 15) is 5.11 Å². The molecule has 0 radical (unpaired) electrons. The third kappa shape index (κ3) is 1.52. The Bertz CT molecular complexity index is 773. The normalized spacial score (nSPS) is 18.7. The van der Waals surface area contributed by atoms with Crippen LogP contribution >= 0.6 is 0 Å². The zero-order valence-corrected chi connectivity index (χ0v) is 10.8. The topological polar surface area (TPSA) is 20.2 Å². The van der Waals surface area contributed by atoms with Gasteiger partial charge < -0.3 is 5.11 Å². The fraction of sp³-hybridized carbons (Fsp3) is 0.222. The van der Waals surface area contributed by atoms with Gasteiger partial charge in [-0.3, -0.25) is 0 Å². The summed E-state index contributed by atoms with van der Waals surface area (Å²) in [7, 11) is 0. The fourth-order valence-corrected chi connectivity index (χ4v) is 3.51. The Hall–Kier alpha value is -1.86. The van der Waals surface area contributed by atoms with E-state index < -0.39 is 0 Å². The molecular formula is C18H16O. The van der Waals surface area contributed by atoms with E-state index in [1.807, 2.05) is 0 Å². The highest BCUT2D eigenvalue weighted by molar-refractivity contribution is 6.10. The number of aryl methyl sites for hydroxylation is 1. The van der Waals surface area contributed by atoms with Crippen molar-refractivity contribution in [3.05, 3.63) is 59.7 Å². The summed E-state index contributed by atoms with van der Waals surface area (Å²) in [6, 6.07) is 17.0. The molecule has 0 spiro atoms. The lowest BCUT2D eigenvalue weighted by atomic mass is 9.82. The van der Waals surface area contributed by atoms with E-state index in [2.05, 4.69) is 48.5 Å². The van der Waals surface area contributed by atoms with Crippen LogP contribution in [0.1, 0.15) is 30.1 Å². The van der Waals surface area contributed by atoms with Crippen molar-refractivity contribution in [1.29, 1.82) is 0 Å². The molecule has 0 heterocycles. The first-order valence-electron chi connectivity index (χ1n) is 6.96. The van der Waals surface area contributed by atoms with Crippen LogP contribution in [0.25, 0.3) is 21.5 Å². The highest BCUT2D eigenvalue weighted by atomic mass is 16.3. The van der Waals surface area contributed by atoms with Gasteiger partial charge in [-0.2, -0.15) is 0 Å². The van der Waals surface area contributed by atoms with E-state index in [4.69, 9.17) is 0 Å². The molecular weight excluding hydrogens is 232 g/mol. The molecule has 0 bridgehead atoms. The summed E-state index contributed by atoms with van der Waals surface area (Å²) in [5, 5.41) is 15.5.